The fourth-order valence-corrected chi connectivity index (χ4v) is 2.60. The van der Waals surface area contributed by atoms with Gasteiger partial charge < -0.3 is 10.4 Å². The molecule has 1 amide bonds. The second-order valence-corrected chi connectivity index (χ2v) is 6.09. The predicted octanol–water partition coefficient (Wildman–Crippen LogP) is 3.33. The van der Waals surface area contributed by atoms with Crippen LogP contribution in [0.4, 0.5) is 5.69 Å². The highest BCUT2D eigenvalue weighted by atomic mass is 79.9. The third-order valence-electron chi connectivity index (χ3n) is 3.16. The summed E-state index contributed by atoms with van der Waals surface area (Å²) < 4.78 is 0.835. The second kappa shape index (κ2) is 7.78. The molecule has 0 aliphatic carbocycles. The van der Waals surface area contributed by atoms with Crippen molar-refractivity contribution in [2.24, 2.45) is 5.10 Å². The van der Waals surface area contributed by atoms with Gasteiger partial charge in [0.15, 0.2) is 0 Å². The van der Waals surface area contributed by atoms with Crippen LogP contribution in [-0.2, 0) is 4.79 Å². The summed E-state index contributed by atoms with van der Waals surface area (Å²) >= 11 is 3.35. The number of aryl methyl sites for hydroxylation is 2. The Bertz CT molecular complexity index is 745. The second-order valence-electron chi connectivity index (χ2n) is 5.18. The van der Waals surface area contributed by atoms with E-state index < -0.39 is 0 Å². The highest BCUT2D eigenvalue weighted by Crippen LogP contribution is 2.25. The molecule has 0 heterocycles. The summed E-state index contributed by atoms with van der Waals surface area (Å²) in [4.78, 5) is 11.8. The van der Waals surface area contributed by atoms with Crippen LogP contribution in [0.1, 0.15) is 16.7 Å². The summed E-state index contributed by atoms with van der Waals surface area (Å²) in [6.07, 6.45) is 1.41. The summed E-state index contributed by atoms with van der Waals surface area (Å²) in [6.45, 7) is 3.90. The van der Waals surface area contributed by atoms with Crippen LogP contribution in [-0.4, -0.2) is 23.8 Å². The minimum atomic E-state index is -0.269. The van der Waals surface area contributed by atoms with Crippen molar-refractivity contribution < 1.29 is 9.90 Å². The topological polar surface area (TPSA) is 73.7 Å². The van der Waals surface area contributed by atoms with Crippen molar-refractivity contribution in [2.75, 3.05) is 11.9 Å². The van der Waals surface area contributed by atoms with E-state index in [2.05, 4.69) is 31.8 Å². The molecule has 0 unspecified atom stereocenters. The first kappa shape index (κ1) is 17.0. The molecular formula is C17H18BrN3O2. The van der Waals surface area contributed by atoms with Gasteiger partial charge in [-0.15, -0.1) is 0 Å². The number of amides is 1. The maximum absolute atomic E-state index is 11.8. The zero-order chi connectivity index (χ0) is 16.8. The van der Waals surface area contributed by atoms with E-state index in [9.17, 15) is 9.90 Å². The van der Waals surface area contributed by atoms with Crippen LogP contribution in [0.15, 0.2) is 46.0 Å². The molecule has 3 N–H and O–H groups in total. The molecule has 120 valence electrons. The van der Waals surface area contributed by atoms with Crippen molar-refractivity contribution in [3.05, 3.63) is 57.6 Å². The highest BCUT2D eigenvalue weighted by Gasteiger charge is 2.04. The lowest BCUT2D eigenvalue weighted by molar-refractivity contribution is -0.119. The van der Waals surface area contributed by atoms with Crippen molar-refractivity contribution in [2.45, 2.75) is 13.8 Å². The van der Waals surface area contributed by atoms with Crippen LogP contribution in [0.5, 0.6) is 5.75 Å². The number of nitrogens with zero attached hydrogens (tertiary/aromatic N) is 1. The Morgan fingerprint density at radius 3 is 2.83 bits per heavy atom. The highest BCUT2D eigenvalue weighted by molar-refractivity contribution is 9.10. The summed E-state index contributed by atoms with van der Waals surface area (Å²) in [7, 11) is 0. The number of nitrogens with one attached hydrogen (secondary N) is 2. The van der Waals surface area contributed by atoms with E-state index in [0.717, 1.165) is 21.3 Å². The molecule has 0 atom stereocenters. The van der Waals surface area contributed by atoms with E-state index in [0.29, 0.717) is 5.56 Å². The molecule has 0 saturated carbocycles. The molecule has 0 spiro atoms. The molecule has 0 aromatic heterocycles. The van der Waals surface area contributed by atoms with E-state index in [1.807, 2.05) is 31.2 Å². The van der Waals surface area contributed by atoms with Crippen molar-refractivity contribution in [3.63, 3.8) is 0 Å². The number of carbonyl (C=O) groups excluding carboxylic acids is 1. The average Bonchev–Trinajstić information content (AvgIpc) is 2.50. The van der Waals surface area contributed by atoms with Gasteiger partial charge in [-0.2, -0.15) is 5.10 Å². The quantitative estimate of drug-likeness (QED) is 0.554. The number of rotatable bonds is 5. The van der Waals surface area contributed by atoms with Crippen LogP contribution in [0.3, 0.4) is 0 Å². The van der Waals surface area contributed by atoms with Crippen molar-refractivity contribution in [3.8, 4) is 5.75 Å². The van der Waals surface area contributed by atoms with Gasteiger partial charge in [0.1, 0.15) is 5.75 Å². The first-order valence-corrected chi connectivity index (χ1v) is 7.86. The number of aromatic hydroxyl groups is 1. The largest absolute Gasteiger partial charge is 0.507 e. The summed E-state index contributed by atoms with van der Waals surface area (Å²) in [5.41, 5.74) is 5.68. The van der Waals surface area contributed by atoms with E-state index in [1.54, 1.807) is 19.1 Å². The zero-order valence-corrected chi connectivity index (χ0v) is 14.5. The van der Waals surface area contributed by atoms with Gasteiger partial charge in [-0.05, 0) is 49.2 Å². The number of halogens is 1. The maximum atomic E-state index is 11.8. The number of phenolic OH excluding ortho intramolecular Hbond substituents is 1. The number of hydrogen-bond acceptors (Lipinski definition) is 4. The first-order chi connectivity index (χ1) is 11.0. The Hall–Kier alpha value is -2.34. The fourth-order valence-electron chi connectivity index (χ4n) is 2.01. The first-order valence-electron chi connectivity index (χ1n) is 7.07. The van der Waals surface area contributed by atoms with Gasteiger partial charge in [0.2, 0.25) is 0 Å². The molecule has 0 aliphatic heterocycles. The Morgan fingerprint density at radius 1 is 1.30 bits per heavy atom. The summed E-state index contributed by atoms with van der Waals surface area (Å²) in [5, 5.41) is 16.8. The lowest BCUT2D eigenvalue weighted by atomic mass is 10.1. The van der Waals surface area contributed by atoms with E-state index >= 15 is 0 Å². The van der Waals surface area contributed by atoms with Crippen LogP contribution in [0.2, 0.25) is 0 Å². The third kappa shape index (κ3) is 5.10. The number of benzene rings is 2. The van der Waals surface area contributed by atoms with Crippen molar-refractivity contribution in [1.82, 2.24) is 5.43 Å². The van der Waals surface area contributed by atoms with E-state index in [4.69, 9.17) is 0 Å². The summed E-state index contributed by atoms with van der Waals surface area (Å²) in [6, 6.07) is 11.3. The van der Waals surface area contributed by atoms with Gasteiger partial charge in [-0.1, -0.05) is 28.1 Å². The van der Waals surface area contributed by atoms with Gasteiger partial charge >= 0.3 is 0 Å². The predicted molar refractivity (Wildman–Crippen MR) is 95.9 cm³/mol. The molecule has 6 heteroatoms. The molecule has 5 nitrogen and oxygen atoms in total. The lowest BCUT2D eigenvalue weighted by Gasteiger charge is -2.06. The van der Waals surface area contributed by atoms with Gasteiger partial charge in [0.25, 0.3) is 5.91 Å². The third-order valence-corrected chi connectivity index (χ3v) is 3.62. The molecule has 2 aromatic carbocycles. The maximum Gasteiger partial charge on any atom is 0.259 e. The Labute approximate surface area is 143 Å². The smallest absolute Gasteiger partial charge is 0.259 e. The Morgan fingerprint density at radius 2 is 2.09 bits per heavy atom. The van der Waals surface area contributed by atoms with Gasteiger partial charge in [0.05, 0.1) is 12.8 Å². The standard InChI is InChI=1S/C17H18BrN3O2/c1-11-4-3-5-15(6-11)19-10-16(22)21-20-9-13-8-14(18)7-12(2)17(13)23/h3-9,19,23H,10H2,1-2H3,(H,21,22)/b20-9-. The number of phenols is 1. The van der Waals surface area contributed by atoms with Crippen LogP contribution in [0.25, 0.3) is 0 Å². The SMILES string of the molecule is Cc1cccc(NCC(=O)N/N=C\c2cc(Br)cc(C)c2O)c1. The van der Waals surface area contributed by atoms with Crippen molar-refractivity contribution >= 4 is 33.7 Å². The molecule has 0 saturated heterocycles. The van der Waals surface area contributed by atoms with Gasteiger partial charge in [0, 0.05) is 15.7 Å². The van der Waals surface area contributed by atoms with E-state index in [-0.39, 0.29) is 18.2 Å². The zero-order valence-electron chi connectivity index (χ0n) is 12.9. The van der Waals surface area contributed by atoms with Gasteiger partial charge in [-0.3, -0.25) is 4.79 Å². The van der Waals surface area contributed by atoms with Crippen LogP contribution in [0, 0.1) is 13.8 Å². The minimum absolute atomic E-state index is 0.115. The number of hydrogen-bond donors (Lipinski definition) is 3. The van der Waals surface area contributed by atoms with E-state index in [1.165, 1.54) is 6.21 Å². The number of hydrazone groups is 1. The molecule has 0 radical (unpaired) electrons. The molecule has 2 rings (SSSR count). The summed E-state index contributed by atoms with van der Waals surface area (Å²) in [5.74, 6) is -0.127. The molecule has 23 heavy (non-hydrogen) atoms. The number of anilines is 1. The molecule has 2 aromatic rings. The molecule has 0 bridgehead atoms. The van der Waals surface area contributed by atoms with Crippen LogP contribution >= 0.6 is 15.9 Å². The molecule has 0 fully saturated rings. The Kier molecular flexibility index (Phi) is 5.76. The molecule has 0 aliphatic rings. The van der Waals surface area contributed by atoms with Gasteiger partial charge in [-0.25, -0.2) is 5.43 Å². The van der Waals surface area contributed by atoms with Crippen LogP contribution < -0.4 is 10.7 Å². The average molecular weight is 376 g/mol. The number of carbonyl (C=O) groups is 1. The van der Waals surface area contributed by atoms with Crippen molar-refractivity contribution in [1.29, 1.82) is 0 Å². The fraction of sp³-hybridized carbons (Fsp3) is 0.176. The molecular weight excluding hydrogens is 358 g/mol. The Balaban J connectivity index is 1.89. The monoisotopic (exact) mass is 375 g/mol. The normalized spacial score (nSPS) is 10.7. The lowest BCUT2D eigenvalue weighted by Crippen LogP contribution is -2.25. The minimum Gasteiger partial charge on any atom is -0.507 e.